The van der Waals surface area contributed by atoms with Gasteiger partial charge in [0.05, 0.1) is 0 Å². The fraction of sp³-hybridized carbons (Fsp3) is 0.379. The van der Waals surface area contributed by atoms with Gasteiger partial charge in [-0.25, -0.2) is 4.98 Å². The van der Waals surface area contributed by atoms with Crippen LogP contribution in [-0.4, -0.2) is 76.3 Å². The number of carboxylic acid groups (broad SMARTS) is 2. The zero-order chi connectivity index (χ0) is 29.3. The summed E-state index contributed by atoms with van der Waals surface area (Å²) in [5.41, 5.74) is 1.50. The van der Waals surface area contributed by atoms with Gasteiger partial charge in [0, 0.05) is 42.0 Å². The van der Waals surface area contributed by atoms with Crippen LogP contribution in [0.25, 0.3) is 17.1 Å². The number of benzene rings is 1. The number of aryl methyl sites for hydroxylation is 1. The predicted octanol–water partition coefficient (Wildman–Crippen LogP) is 4.15. The van der Waals surface area contributed by atoms with Gasteiger partial charge in [0.25, 0.3) is 6.47 Å². The SMILES string of the molecule is CCCCC1(Nc2ccc(OCCN(C)C)cc2C)OC(=Cc2c[nH]c3ncccc23)C(=O)C1C(=O)O.O=CO. The fourth-order valence-electron chi connectivity index (χ4n) is 4.54. The highest BCUT2D eigenvalue weighted by Crippen LogP contribution is 2.42. The predicted molar refractivity (Wildman–Crippen MR) is 151 cm³/mol. The molecule has 4 N–H and O–H groups in total. The quantitative estimate of drug-likeness (QED) is 0.155. The minimum Gasteiger partial charge on any atom is -0.492 e. The number of ketones is 1. The van der Waals surface area contributed by atoms with E-state index in [1.54, 1.807) is 24.5 Å². The van der Waals surface area contributed by atoms with Crippen molar-refractivity contribution in [2.45, 2.75) is 38.8 Å². The van der Waals surface area contributed by atoms with E-state index >= 15 is 0 Å². The molecule has 40 heavy (non-hydrogen) atoms. The van der Waals surface area contributed by atoms with Crippen molar-refractivity contribution in [1.29, 1.82) is 0 Å². The first kappa shape index (κ1) is 30.2. The van der Waals surface area contributed by atoms with Crippen molar-refractivity contribution in [2.24, 2.45) is 5.92 Å². The third-order valence-electron chi connectivity index (χ3n) is 6.53. The number of ether oxygens (including phenoxy) is 2. The van der Waals surface area contributed by atoms with Gasteiger partial charge in [0.1, 0.15) is 18.0 Å². The second-order valence-corrected chi connectivity index (χ2v) is 9.74. The Bertz CT molecular complexity index is 1370. The van der Waals surface area contributed by atoms with E-state index in [0.717, 1.165) is 29.7 Å². The van der Waals surface area contributed by atoms with E-state index in [1.165, 1.54) is 0 Å². The van der Waals surface area contributed by atoms with Gasteiger partial charge in [-0.1, -0.05) is 13.3 Å². The van der Waals surface area contributed by atoms with Crippen LogP contribution in [0.1, 0.15) is 37.3 Å². The first-order valence-corrected chi connectivity index (χ1v) is 13.0. The lowest BCUT2D eigenvalue weighted by atomic mass is 9.88. The van der Waals surface area contributed by atoms with E-state index in [4.69, 9.17) is 19.4 Å². The van der Waals surface area contributed by atoms with Gasteiger partial charge < -0.3 is 34.9 Å². The van der Waals surface area contributed by atoms with Gasteiger partial charge in [-0.05, 0) is 69.4 Å². The van der Waals surface area contributed by atoms with E-state index in [9.17, 15) is 14.7 Å². The lowest BCUT2D eigenvalue weighted by molar-refractivity contribution is -0.149. The number of fused-ring (bicyclic) bond motifs is 1. The van der Waals surface area contributed by atoms with Crippen LogP contribution >= 0.6 is 0 Å². The molecule has 11 heteroatoms. The molecule has 2 atom stereocenters. The number of Topliss-reactive ketones (excluding diaryl/α,β-unsaturated/α-hetero) is 1. The summed E-state index contributed by atoms with van der Waals surface area (Å²) in [4.78, 5) is 43.6. The van der Waals surface area contributed by atoms with E-state index < -0.39 is 23.4 Å². The van der Waals surface area contributed by atoms with Crippen LogP contribution in [-0.2, 0) is 19.1 Å². The topological polar surface area (TPSA) is 154 Å². The number of carboxylic acids is 1. The van der Waals surface area contributed by atoms with Crippen LogP contribution in [0.3, 0.4) is 0 Å². The number of hydrogen-bond acceptors (Lipinski definition) is 8. The first-order valence-electron chi connectivity index (χ1n) is 13.0. The molecule has 1 aliphatic rings. The molecule has 0 saturated carbocycles. The average molecular weight is 553 g/mol. The van der Waals surface area contributed by atoms with E-state index in [0.29, 0.717) is 36.3 Å². The smallest absolute Gasteiger partial charge is 0.320 e. The normalized spacial score (nSPS) is 19.3. The number of pyridine rings is 1. The molecule has 0 bridgehead atoms. The van der Waals surface area contributed by atoms with Crippen LogP contribution in [0.15, 0.2) is 48.5 Å². The Morgan fingerprint density at radius 1 is 1.32 bits per heavy atom. The number of aromatic nitrogens is 2. The molecule has 0 spiro atoms. The molecule has 2 aromatic heterocycles. The molecule has 1 fully saturated rings. The number of likely N-dealkylation sites (N-methyl/N-ethyl adjacent to an activating group) is 1. The minimum atomic E-state index is -1.42. The van der Waals surface area contributed by atoms with Crippen molar-refractivity contribution >= 4 is 41.0 Å². The Labute approximate surface area is 232 Å². The van der Waals surface area contributed by atoms with E-state index in [-0.39, 0.29) is 12.2 Å². The molecule has 3 aromatic rings. The lowest BCUT2D eigenvalue weighted by Crippen LogP contribution is -2.48. The summed E-state index contributed by atoms with van der Waals surface area (Å²) in [6, 6.07) is 9.26. The Kier molecular flexibility index (Phi) is 10.3. The molecule has 3 heterocycles. The number of carbonyl (C=O) groups excluding carboxylic acids is 1. The molecule has 1 saturated heterocycles. The number of nitrogens with zero attached hydrogens (tertiary/aromatic N) is 2. The largest absolute Gasteiger partial charge is 0.492 e. The van der Waals surface area contributed by atoms with Crippen LogP contribution in [0, 0.1) is 12.8 Å². The summed E-state index contributed by atoms with van der Waals surface area (Å²) < 4.78 is 12.1. The molecule has 2 unspecified atom stereocenters. The molecule has 0 aliphatic carbocycles. The maximum atomic E-state index is 13.4. The Hall–Kier alpha value is -4.38. The Morgan fingerprint density at radius 3 is 2.73 bits per heavy atom. The summed E-state index contributed by atoms with van der Waals surface area (Å²) >= 11 is 0. The van der Waals surface area contributed by atoms with Crippen LogP contribution in [0.4, 0.5) is 5.69 Å². The molecular formula is C29H36N4O7. The number of allylic oxidation sites excluding steroid dienone is 1. The third kappa shape index (κ3) is 6.97. The third-order valence-corrected chi connectivity index (χ3v) is 6.53. The summed E-state index contributed by atoms with van der Waals surface area (Å²) in [7, 11) is 3.97. The van der Waals surface area contributed by atoms with Gasteiger partial charge in [-0.3, -0.25) is 14.4 Å². The maximum Gasteiger partial charge on any atom is 0.320 e. The number of H-pyrrole nitrogens is 1. The van der Waals surface area contributed by atoms with Gasteiger partial charge in [-0.15, -0.1) is 0 Å². The Balaban J connectivity index is 0.00000141. The summed E-state index contributed by atoms with van der Waals surface area (Å²) in [5, 5.41) is 21.2. The summed E-state index contributed by atoms with van der Waals surface area (Å²) in [6.45, 7) is 5.02. The van der Waals surface area contributed by atoms with Crippen LogP contribution in [0.2, 0.25) is 0 Å². The molecule has 0 radical (unpaired) electrons. The molecule has 1 aromatic carbocycles. The zero-order valence-electron chi connectivity index (χ0n) is 23.1. The molecule has 0 amide bonds. The number of carbonyl (C=O) groups is 3. The first-order chi connectivity index (χ1) is 19.2. The van der Waals surface area contributed by atoms with Crippen LogP contribution in [0.5, 0.6) is 5.75 Å². The number of unbranched alkanes of at least 4 members (excludes halogenated alkanes) is 1. The molecule has 11 nitrogen and oxygen atoms in total. The van der Waals surface area contributed by atoms with Crippen molar-refractivity contribution in [3.63, 3.8) is 0 Å². The number of aromatic amines is 1. The van der Waals surface area contributed by atoms with Gasteiger partial charge in [-0.2, -0.15) is 0 Å². The van der Waals surface area contributed by atoms with Gasteiger partial charge >= 0.3 is 5.97 Å². The average Bonchev–Trinajstić information content (AvgIpc) is 3.43. The van der Waals surface area contributed by atoms with E-state index in [2.05, 4.69) is 15.3 Å². The maximum absolute atomic E-state index is 13.4. The summed E-state index contributed by atoms with van der Waals surface area (Å²) in [5.74, 6) is -2.44. The number of nitrogens with one attached hydrogen (secondary N) is 2. The zero-order valence-corrected chi connectivity index (χ0v) is 23.1. The number of anilines is 1. The highest BCUT2D eigenvalue weighted by Gasteiger charge is 2.57. The number of aliphatic carboxylic acids is 1. The van der Waals surface area contributed by atoms with Crippen molar-refractivity contribution in [3.8, 4) is 5.75 Å². The highest BCUT2D eigenvalue weighted by atomic mass is 16.5. The molecule has 214 valence electrons. The molecule has 4 rings (SSSR count). The van der Waals surface area contributed by atoms with Crippen molar-refractivity contribution < 1.29 is 34.1 Å². The van der Waals surface area contributed by atoms with Crippen LogP contribution < -0.4 is 10.1 Å². The molecular weight excluding hydrogens is 516 g/mol. The van der Waals surface area contributed by atoms with Gasteiger partial charge in [0.2, 0.25) is 11.5 Å². The van der Waals surface area contributed by atoms with Gasteiger partial charge in [0.15, 0.2) is 11.7 Å². The van der Waals surface area contributed by atoms with Crippen molar-refractivity contribution in [2.75, 3.05) is 32.6 Å². The monoisotopic (exact) mass is 552 g/mol. The summed E-state index contributed by atoms with van der Waals surface area (Å²) in [6.07, 6.45) is 6.85. The highest BCUT2D eigenvalue weighted by molar-refractivity contribution is 6.12. The Morgan fingerprint density at radius 2 is 2.08 bits per heavy atom. The van der Waals surface area contributed by atoms with Crippen molar-refractivity contribution in [3.05, 3.63) is 59.6 Å². The fourth-order valence-corrected chi connectivity index (χ4v) is 4.54. The number of rotatable bonds is 11. The second kappa shape index (κ2) is 13.6. The van der Waals surface area contributed by atoms with E-state index in [1.807, 2.05) is 57.1 Å². The minimum absolute atomic E-state index is 0.0158. The number of hydrogen-bond donors (Lipinski definition) is 4. The molecule has 1 aliphatic heterocycles. The second-order valence-electron chi connectivity index (χ2n) is 9.74. The lowest BCUT2D eigenvalue weighted by Gasteiger charge is -2.34. The van der Waals surface area contributed by atoms with Crippen molar-refractivity contribution in [1.82, 2.24) is 14.9 Å². The standard InChI is InChI=1S/C28H34N4O5.CH2O2/c1-5-6-11-28(31-22-10-9-20(15-18(22)2)36-14-13-32(3)4)24(27(34)35)25(33)23(37-28)16-19-17-30-26-21(19)8-7-12-29-26;2-1-3/h7-10,12,15-17,24,31H,5-6,11,13-14H2,1-4H3,(H,29,30)(H,34,35);1H,(H,2,3).